The quantitative estimate of drug-likeness (QED) is 0.919. The summed E-state index contributed by atoms with van der Waals surface area (Å²) in [5.41, 5.74) is 0.633. The van der Waals surface area contributed by atoms with Crippen LogP contribution in [0.15, 0.2) is 24.3 Å². The minimum atomic E-state index is -0.999. The SMILES string of the molecule is O=C(O)c1cccc(C(=O)N2CCC(N3CCCC3)C2)c1. The van der Waals surface area contributed by atoms with E-state index in [0.717, 1.165) is 32.6 Å². The van der Waals surface area contributed by atoms with Gasteiger partial charge in [-0.2, -0.15) is 0 Å². The highest BCUT2D eigenvalue weighted by molar-refractivity contribution is 5.97. The van der Waals surface area contributed by atoms with Crippen LogP contribution in [0.25, 0.3) is 0 Å². The van der Waals surface area contributed by atoms with Crippen molar-refractivity contribution < 1.29 is 14.7 Å². The second-order valence-electron chi connectivity index (χ2n) is 5.82. The van der Waals surface area contributed by atoms with Crippen LogP contribution in [0, 0.1) is 0 Å². The van der Waals surface area contributed by atoms with Gasteiger partial charge in [-0.1, -0.05) is 6.07 Å². The highest BCUT2D eigenvalue weighted by atomic mass is 16.4. The van der Waals surface area contributed by atoms with Gasteiger partial charge in [0.05, 0.1) is 5.56 Å². The van der Waals surface area contributed by atoms with Gasteiger partial charge in [0.1, 0.15) is 0 Å². The Balaban J connectivity index is 1.68. The predicted octanol–water partition coefficient (Wildman–Crippen LogP) is 1.70. The van der Waals surface area contributed by atoms with Crippen LogP contribution in [-0.2, 0) is 0 Å². The van der Waals surface area contributed by atoms with Crippen molar-refractivity contribution in [2.75, 3.05) is 26.2 Å². The molecule has 21 heavy (non-hydrogen) atoms. The lowest BCUT2D eigenvalue weighted by Gasteiger charge is -2.23. The van der Waals surface area contributed by atoms with Crippen LogP contribution in [0.1, 0.15) is 40.0 Å². The number of carbonyl (C=O) groups is 2. The Hall–Kier alpha value is -1.88. The first kappa shape index (κ1) is 14.1. The summed E-state index contributed by atoms with van der Waals surface area (Å²) in [5, 5.41) is 9.01. The number of carboxylic acid groups (broad SMARTS) is 1. The fourth-order valence-electron chi connectivity index (χ4n) is 3.30. The Bertz CT molecular complexity index is 552. The smallest absolute Gasteiger partial charge is 0.335 e. The molecule has 2 aliphatic rings. The van der Waals surface area contributed by atoms with Gasteiger partial charge in [0, 0.05) is 24.7 Å². The third-order valence-corrected chi connectivity index (χ3v) is 4.46. The fraction of sp³-hybridized carbons (Fsp3) is 0.500. The zero-order valence-corrected chi connectivity index (χ0v) is 12.0. The summed E-state index contributed by atoms with van der Waals surface area (Å²) in [6.45, 7) is 3.80. The zero-order valence-electron chi connectivity index (χ0n) is 12.0. The molecule has 5 nitrogen and oxygen atoms in total. The van der Waals surface area contributed by atoms with E-state index in [1.165, 1.54) is 25.0 Å². The number of nitrogens with zero attached hydrogens (tertiary/aromatic N) is 2. The summed E-state index contributed by atoms with van der Waals surface area (Å²) < 4.78 is 0. The summed E-state index contributed by atoms with van der Waals surface area (Å²) in [5.74, 6) is -1.05. The van der Waals surface area contributed by atoms with Crippen molar-refractivity contribution in [1.82, 2.24) is 9.80 Å². The number of likely N-dealkylation sites (tertiary alicyclic amines) is 2. The molecule has 112 valence electrons. The molecule has 0 spiro atoms. The topological polar surface area (TPSA) is 60.9 Å². The number of aromatic carboxylic acids is 1. The summed E-state index contributed by atoms with van der Waals surface area (Å²) in [6.07, 6.45) is 3.53. The second-order valence-corrected chi connectivity index (χ2v) is 5.82. The lowest BCUT2D eigenvalue weighted by Crippen LogP contribution is -2.37. The third-order valence-electron chi connectivity index (χ3n) is 4.46. The summed E-state index contributed by atoms with van der Waals surface area (Å²) in [4.78, 5) is 27.8. The van der Waals surface area contributed by atoms with Gasteiger partial charge in [0.15, 0.2) is 0 Å². The van der Waals surface area contributed by atoms with Gasteiger partial charge in [-0.15, -0.1) is 0 Å². The normalized spacial score (nSPS) is 22.7. The minimum Gasteiger partial charge on any atom is -0.478 e. The third kappa shape index (κ3) is 2.93. The van der Waals surface area contributed by atoms with Gasteiger partial charge in [-0.25, -0.2) is 4.79 Å². The first-order valence-electron chi connectivity index (χ1n) is 7.52. The molecule has 5 heteroatoms. The number of benzene rings is 1. The highest BCUT2D eigenvalue weighted by Gasteiger charge is 2.31. The molecule has 0 radical (unpaired) electrons. The van der Waals surface area contributed by atoms with Crippen LogP contribution in [-0.4, -0.2) is 59.0 Å². The van der Waals surface area contributed by atoms with E-state index in [2.05, 4.69) is 4.90 Å². The Labute approximate surface area is 124 Å². The van der Waals surface area contributed by atoms with E-state index in [4.69, 9.17) is 5.11 Å². The number of hydrogen-bond donors (Lipinski definition) is 1. The molecule has 1 N–H and O–H groups in total. The molecule has 1 aromatic carbocycles. The minimum absolute atomic E-state index is 0.0557. The standard InChI is InChI=1S/C16H20N2O3/c19-15(12-4-3-5-13(10-12)16(20)21)18-9-6-14(11-18)17-7-1-2-8-17/h3-5,10,14H,1-2,6-9,11H2,(H,20,21). The molecule has 1 amide bonds. The molecule has 1 atom stereocenters. The molecule has 1 aromatic rings. The first-order valence-corrected chi connectivity index (χ1v) is 7.52. The maximum Gasteiger partial charge on any atom is 0.335 e. The van der Waals surface area contributed by atoms with Gasteiger partial charge in [0.2, 0.25) is 0 Å². The molecule has 2 saturated heterocycles. The number of carboxylic acids is 1. The lowest BCUT2D eigenvalue weighted by molar-refractivity contribution is 0.0697. The number of hydrogen-bond acceptors (Lipinski definition) is 3. The Morgan fingerprint density at radius 2 is 1.81 bits per heavy atom. The molecule has 2 heterocycles. The zero-order chi connectivity index (χ0) is 14.8. The van der Waals surface area contributed by atoms with E-state index in [0.29, 0.717) is 11.6 Å². The van der Waals surface area contributed by atoms with Gasteiger partial charge < -0.3 is 10.0 Å². The van der Waals surface area contributed by atoms with Crippen LogP contribution < -0.4 is 0 Å². The average Bonchev–Trinajstić information content (AvgIpc) is 3.17. The van der Waals surface area contributed by atoms with Crippen molar-refractivity contribution in [1.29, 1.82) is 0 Å². The average molecular weight is 288 g/mol. The maximum atomic E-state index is 12.5. The summed E-state index contributed by atoms with van der Waals surface area (Å²) >= 11 is 0. The van der Waals surface area contributed by atoms with Crippen molar-refractivity contribution >= 4 is 11.9 Å². The molecule has 0 saturated carbocycles. The molecule has 3 rings (SSSR count). The van der Waals surface area contributed by atoms with Crippen LogP contribution in [0.5, 0.6) is 0 Å². The molecular formula is C16H20N2O3. The fourth-order valence-corrected chi connectivity index (χ4v) is 3.30. The Kier molecular flexibility index (Phi) is 3.92. The van der Waals surface area contributed by atoms with Gasteiger partial charge >= 0.3 is 5.97 Å². The van der Waals surface area contributed by atoms with E-state index in [9.17, 15) is 9.59 Å². The molecule has 2 fully saturated rings. The predicted molar refractivity (Wildman–Crippen MR) is 78.5 cm³/mol. The molecule has 0 bridgehead atoms. The van der Waals surface area contributed by atoms with Gasteiger partial charge in [-0.05, 0) is 50.6 Å². The van der Waals surface area contributed by atoms with Gasteiger partial charge in [-0.3, -0.25) is 9.69 Å². The number of amides is 1. The lowest BCUT2D eigenvalue weighted by atomic mass is 10.1. The van der Waals surface area contributed by atoms with E-state index in [1.54, 1.807) is 12.1 Å². The molecule has 2 aliphatic heterocycles. The Morgan fingerprint density at radius 1 is 1.10 bits per heavy atom. The number of carbonyl (C=O) groups excluding carboxylic acids is 1. The molecule has 0 aliphatic carbocycles. The molecule has 1 unspecified atom stereocenters. The summed E-state index contributed by atoms with van der Waals surface area (Å²) in [6, 6.07) is 6.77. The Morgan fingerprint density at radius 3 is 2.52 bits per heavy atom. The molecule has 0 aromatic heterocycles. The van der Waals surface area contributed by atoms with E-state index in [1.807, 2.05) is 4.90 Å². The molecular weight excluding hydrogens is 268 g/mol. The van der Waals surface area contributed by atoms with Crippen molar-refractivity contribution in [3.63, 3.8) is 0 Å². The van der Waals surface area contributed by atoms with Gasteiger partial charge in [0.25, 0.3) is 5.91 Å². The monoisotopic (exact) mass is 288 g/mol. The van der Waals surface area contributed by atoms with Crippen LogP contribution in [0.3, 0.4) is 0 Å². The van der Waals surface area contributed by atoms with Crippen LogP contribution >= 0.6 is 0 Å². The van der Waals surface area contributed by atoms with Crippen molar-refractivity contribution in [2.45, 2.75) is 25.3 Å². The van der Waals surface area contributed by atoms with Crippen molar-refractivity contribution in [3.05, 3.63) is 35.4 Å². The largest absolute Gasteiger partial charge is 0.478 e. The van der Waals surface area contributed by atoms with Crippen LogP contribution in [0.2, 0.25) is 0 Å². The van der Waals surface area contributed by atoms with Crippen molar-refractivity contribution in [3.8, 4) is 0 Å². The first-order chi connectivity index (χ1) is 10.1. The van der Waals surface area contributed by atoms with Crippen LogP contribution in [0.4, 0.5) is 0 Å². The van der Waals surface area contributed by atoms with Crippen molar-refractivity contribution in [2.24, 2.45) is 0 Å². The number of rotatable bonds is 3. The second kappa shape index (κ2) is 5.85. The maximum absolute atomic E-state index is 12.5. The summed E-state index contributed by atoms with van der Waals surface area (Å²) in [7, 11) is 0. The van der Waals surface area contributed by atoms with E-state index in [-0.39, 0.29) is 11.5 Å². The van der Waals surface area contributed by atoms with E-state index >= 15 is 0 Å². The highest BCUT2D eigenvalue weighted by Crippen LogP contribution is 2.22. The van der Waals surface area contributed by atoms with E-state index < -0.39 is 5.97 Å².